The van der Waals surface area contributed by atoms with E-state index in [9.17, 15) is 91.1 Å². The summed E-state index contributed by atoms with van der Waals surface area (Å²) in [5, 5.41) is 14.4. The minimum atomic E-state index is -4.88. The molecule has 15 rings (SSSR count). The molecule has 2 spiro atoms. The first-order valence-electron chi connectivity index (χ1n) is 41.1. The number of nitrogens with one attached hydrogen (secondary N) is 4. The Bertz CT molecular complexity index is 5170. The quantitative estimate of drug-likeness (QED) is 0.0259. The van der Waals surface area contributed by atoms with E-state index in [1.807, 2.05) is 86.7 Å². The molecule has 3 saturated heterocycles. The molecule has 4 saturated carbocycles. The number of aryl methyl sites for hydroxylation is 4. The van der Waals surface area contributed by atoms with Gasteiger partial charge in [-0.15, -0.1) is 24.0 Å². The second kappa shape index (κ2) is 35.2. The molecule has 122 heavy (non-hydrogen) atoms. The van der Waals surface area contributed by atoms with Crippen molar-refractivity contribution in [3.05, 3.63) is 107 Å². The summed E-state index contributed by atoms with van der Waals surface area (Å²) in [6.07, 6.45) is 5.95. The Labute approximate surface area is 720 Å². The van der Waals surface area contributed by atoms with Gasteiger partial charge in [0.1, 0.15) is 28.7 Å². The summed E-state index contributed by atoms with van der Waals surface area (Å²) in [4.78, 5) is 145. The second-order valence-corrected chi connectivity index (χ2v) is 40.1. The summed E-state index contributed by atoms with van der Waals surface area (Å²) in [5.74, 6) is -2.97. The molecule has 0 radical (unpaired) electrons. The first-order chi connectivity index (χ1) is 56.6. The molecule has 11 aliphatic rings. The highest BCUT2D eigenvalue weighted by Gasteiger charge is 2.66. The monoisotopic (exact) mass is 1860 g/mol. The van der Waals surface area contributed by atoms with Crippen LogP contribution in [0.4, 0.5) is 35.9 Å². The highest BCUT2D eigenvalue weighted by atomic mass is 127. The van der Waals surface area contributed by atoms with E-state index in [2.05, 4.69) is 29.7 Å². The Morgan fingerprint density at radius 3 is 1.38 bits per heavy atom. The van der Waals surface area contributed by atoms with Gasteiger partial charge in [0.25, 0.3) is 0 Å². The molecule has 5 N–H and O–H groups in total. The number of allylic oxidation sites excluding steroid dienone is 4. The third-order valence-electron chi connectivity index (χ3n) is 25.9. The van der Waals surface area contributed by atoms with Crippen molar-refractivity contribution in [3.8, 4) is 11.5 Å². The van der Waals surface area contributed by atoms with Crippen LogP contribution in [0, 0.1) is 43.1 Å². The Balaban J connectivity index is 0.000000198. The molecular formula is C85H104F6IN9O19S2. The first-order valence-corrected chi connectivity index (χ1v) is 44.0. The summed E-state index contributed by atoms with van der Waals surface area (Å²) in [6.45, 7) is 17.6. The lowest BCUT2D eigenvalue weighted by molar-refractivity contribution is -0.248. The number of sulfonamides is 2. The number of carboxylic acid groups (broad SMARTS) is 1. The lowest BCUT2D eigenvalue weighted by atomic mass is 9.85. The number of Topliss-reactive ketones (excluding diaryl/α,β-unsaturated/α-hetero) is 2. The van der Waals surface area contributed by atoms with E-state index >= 15 is 0 Å². The number of pyridine rings is 2. The molecule has 664 valence electrons. The Kier molecular flexibility index (Phi) is 27.0. The largest absolute Gasteiger partial charge is 0.506 e. The van der Waals surface area contributed by atoms with Crippen molar-refractivity contribution in [3.63, 3.8) is 0 Å². The van der Waals surface area contributed by atoms with Crippen molar-refractivity contribution in [2.75, 3.05) is 13.1 Å². The lowest BCUT2D eigenvalue weighted by Gasteiger charge is -2.37. The topological polar surface area (TPSA) is 381 Å². The maximum absolute atomic E-state index is 14.7. The maximum Gasteiger partial charge on any atom is 0.506 e. The summed E-state index contributed by atoms with van der Waals surface area (Å²) in [6, 6.07) is 11.3. The normalized spacial score (nSPS) is 28.5. The number of aromatic nitrogens is 2. The summed E-state index contributed by atoms with van der Waals surface area (Å²) in [7, 11) is -7.91. The molecule has 2 aromatic heterocycles. The highest BCUT2D eigenvalue weighted by Crippen LogP contribution is 2.60. The molecule has 28 nitrogen and oxygen atoms in total. The van der Waals surface area contributed by atoms with Crippen LogP contribution < -0.4 is 29.6 Å². The molecule has 7 fully saturated rings. The van der Waals surface area contributed by atoms with Gasteiger partial charge in [0.05, 0.1) is 67.9 Å². The van der Waals surface area contributed by atoms with Crippen molar-refractivity contribution in [1.29, 1.82) is 0 Å². The lowest BCUT2D eigenvalue weighted by Crippen LogP contribution is -2.54. The number of amides is 7. The van der Waals surface area contributed by atoms with Gasteiger partial charge in [0, 0.05) is 66.8 Å². The van der Waals surface area contributed by atoms with E-state index < -0.39 is 141 Å². The minimum absolute atomic E-state index is 0. The van der Waals surface area contributed by atoms with E-state index in [1.54, 1.807) is 18.7 Å². The fourth-order valence-corrected chi connectivity index (χ4v) is 19.8. The SMILES string of the molecule is CC(C)(OC(=O)O)C(F)(F)F.Cc1nc2ccccc2c2c1O[C@]1(CC2)C[C@H]2C(=O)C[C@]3(C(=O)NS(=O)(=O)C4(C)CC4)C[C@H]3/C=C\CCCCC[C@H](NC(=O)OC(C)(C)C(F)(F)F)C(=O)N2C1.I.O=C1CCC(=O)N1.[C-]#[N+][C@H]1CCCCC/C=C\[C@@H]2C[C@@]2(C(=O)NS(=O)(=O)C2(C)CC2)CC(=O)[C@@H]2C[C@]3(CCc4c(c(C)nc5ccccc45)O3)CN2C1=O. The van der Waals surface area contributed by atoms with Crippen molar-refractivity contribution in [2.24, 2.45) is 22.7 Å². The second-order valence-electron chi connectivity index (χ2n) is 35.7. The third-order valence-corrected chi connectivity index (χ3v) is 30.2. The Morgan fingerprint density at radius 1 is 0.582 bits per heavy atom. The van der Waals surface area contributed by atoms with Gasteiger partial charge in [-0.3, -0.25) is 53.1 Å². The molecule has 10 atom stereocenters. The van der Waals surface area contributed by atoms with Crippen LogP contribution in [0.5, 0.6) is 11.5 Å². The van der Waals surface area contributed by atoms with Gasteiger partial charge in [0.2, 0.25) is 60.8 Å². The zero-order chi connectivity index (χ0) is 88.2. The van der Waals surface area contributed by atoms with Gasteiger partial charge in [-0.25, -0.2) is 43.0 Å². The number of para-hydroxylation sites is 2. The summed E-state index contributed by atoms with van der Waals surface area (Å²) < 4.78 is 154. The highest BCUT2D eigenvalue weighted by molar-refractivity contribution is 14.0. The predicted molar refractivity (Wildman–Crippen MR) is 442 cm³/mol. The number of alkyl carbamates (subject to hydrolysis) is 1. The predicted octanol–water partition coefficient (Wildman–Crippen LogP) is 13.2. The van der Waals surface area contributed by atoms with Crippen molar-refractivity contribution < 1.29 is 115 Å². The zero-order valence-electron chi connectivity index (χ0n) is 69.2. The van der Waals surface area contributed by atoms with Gasteiger partial charge >= 0.3 is 36.6 Å². The number of fused-ring (bicyclic) bond motifs is 10. The number of imide groups is 1. The van der Waals surface area contributed by atoms with Crippen LogP contribution in [0.1, 0.15) is 218 Å². The van der Waals surface area contributed by atoms with Crippen LogP contribution >= 0.6 is 24.0 Å². The van der Waals surface area contributed by atoms with Crippen LogP contribution in [-0.2, 0) is 80.7 Å². The Morgan fingerprint density at radius 2 is 0.992 bits per heavy atom. The van der Waals surface area contributed by atoms with E-state index in [4.69, 9.17) is 35.9 Å². The summed E-state index contributed by atoms with van der Waals surface area (Å²) in [5.41, 5.74) is -4.89. The van der Waals surface area contributed by atoms with Crippen LogP contribution in [0.3, 0.4) is 0 Å². The van der Waals surface area contributed by atoms with Crippen molar-refractivity contribution in [1.82, 2.24) is 39.8 Å². The number of hydrogen-bond donors (Lipinski definition) is 5. The average molecular weight is 1860 g/mol. The average Bonchev–Trinajstić information content (AvgIpc) is 1.55. The fraction of sp³-hybridized carbons (Fsp3) is 0.612. The molecule has 2 aromatic carbocycles. The van der Waals surface area contributed by atoms with Crippen LogP contribution in [0.25, 0.3) is 26.7 Å². The van der Waals surface area contributed by atoms with Gasteiger partial charge < -0.3 is 44.0 Å². The maximum atomic E-state index is 14.7. The molecule has 9 heterocycles. The van der Waals surface area contributed by atoms with Crippen molar-refractivity contribution in [2.45, 2.75) is 291 Å². The number of hydrogen-bond acceptors (Lipinski definition) is 20. The summed E-state index contributed by atoms with van der Waals surface area (Å²) >= 11 is 0. The van der Waals surface area contributed by atoms with E-state index in [-0.39, 0.29) is 105 Å². The van der Waals surface area contributed by atoms with Gasteiger partial charge in [-0.2, -0.15) is 26.3 Å². The molecule has 4 aliphatic carbocycles. The smallest absolute Gasteiger partial charge is 0.483 e. The molecule has 4 aromatic rings. The van der Waals surface area contributed by atoms with Crippen molar-refractivity contribution >= 4 is 125 Å². The Hall–Kier alpha value is -9.06. The number of nitrogens with zero attached hydrogens (tertiary/aromatic N) is 5. The van der Waals surface area contributed by atoms with Gasteiger partial charge in [-0.1, -0.05) is 80.0 Å². The molecule has 7 amide bonds. The number of benzene rings is 2. The number of ether oxygens (including phenoxy) is 4. The van der Waals surface area contributed by atoms with Crippen LogP contribution in [0.15, 0.2) is 72.8 Å². The number of ketones is 2. The van der Waals surface area contributed by atoms with Gasteiger partial charge in [-0.05, 0) is 182 Å². The molecule has 0 bridgehead atoms. The number of halogens is 7. The number of alkyl halides is 6. The third kappa shape index (κ3) is 19.8. The van der Waals surface area contributed by atoms with E-state index in [0.717, 1.165) is 64.3 Å². The zero-order valence-corrected chi connectivity index (χ0v) is 73.2. The van der Waals surface area contributed by atoms with Gasteiger partial charge in [0.15, 0.2) is 11.6 Å². The van der Waals surface area contributed by atoms with E-state index in [0.29, 0.717) is 148 Å². The van der Waals surface area contributed by atoms with E-state index in [1.165, 1.54) is 4.90 Å². The number of rotatable bonds is 9. The van der Waals surface area contributed by atoms with Crippen LogP contribution in [-0.4, -0.2) is 182 Å². The fourth-order valence-electron chi connectivity index (χ4n) is 17.2. The standard InChI is InChI=1S/C40H49F3N4O8S.C36H42N4O6S.C5H7F3O3.C4H5NO2.HI/c1-24-32-27(26-13-10-11-14-28(26)44-24)16-17-38(54-32)21-30-31(48)22-39(34(50)46-56(52,53)37(4)18-19-37)20-25(39)12-8-6-5-7-9-15-29(33(49)47(30)23-38)45-35(51)55-36(2,3)40(41,42)43;1-23-31-26(25-12-9-10-13-27(25)38-23)15-16-35(46-31)20-29-30(41)21-36(33(43)39-47(44,45)34(2)17-18-34)19-24(36)11-7-5-4-6-8-14-28(37-3)32(42)40(29)22-35;1-4(2,5(6,7)8)11-3(9)10;6-3-1-2-4(7)5-3;/h8,10-14,25,29-30H,5-7,9,15-23H2,1-4H3,(H,45,51)(H,46,50);7,9-13,24,28-29H,4-6,8,14-22H2,1-2H3,(H,39,43);1-2H3,(H,9,10);1-2H2,(H,5,6,7);1H/b12-8-;11-7-;;;/t25-,29+,30+,38-,39-;24-,28+,29+,35-,36-;;;/m11.../s1. The first kappa shape index (κ1) is 93.6. The molecule has 37 heteroatoms. The molecule has 0 unspecified atom stereocenters. The van der Waals surface area contributed by atoms with Crippen LogP contribution in [0.2, 0.25) is 0 Å². The molecular weight excluding hydrogens is 1760 g/mol. The number of carbonyl (C=O) groups is 10. The number of carbonyl (C=O) groups excluding carboxylic acids is 9. The molecule has 7 aliphatic heterocycles. The minimum Gasteiger partial charge on any atom is -0.483 e.